The van der Waals surface area contributed by atoms with Crippen molar-refractivity contribution in [3.05, 3.63) is 18.0 Å². The van der Waals surface area contributed by atoms with Crippen LogP contribution in [0, 0.1) is 5.92 Å². The Morgan fingerprint density at radius 3 is 3.00 bits per heavy atom. The first-order chi connectivity index (χ1) is 10.1. The van der Waals surface area contributed by atoms with Crippen LogP contribution in [0.25, 0.3) is 11.1 Å². The average Bonchev–Trinajstić information content (AvgIpc) is 3.13. The minimum atomic E-state index is -3.53. The summed E-state index contributed by atoms with van der Waals surface area (Å²) in [5.74, 6) is 0.235. The van der Waals surface area contributed by atoms with Gasteiger partial charge < -0.3 is 10.3 Å². The van der Waals surface area contributed by atoms with Crippen molar-refractivity contribution in [3.63, 3.8) is 0 Å². The monoisotopic (exact) mass is 310 g/mol. The number of fused-ring (bicyclic) bond motifs is 1. The maximum atomic E-state index is 12.7. The summed E-state index contributed by atoms with van der Waals surface area (Å²) in [4.78, 5) is 4.25. The fraction of sp³-hybridized carbons (Fsp3) is 0.538. The number of nitrogens with two attached hydrogens (primary N) is 1. The lowest BCUT2D eigenvalue weighted by Crippen LogP contribution is -2.30. The summed E-state index contributed by atoms with van der Waals surface area (Å²) in [5, 5.41) is 4.56. The van der Waals surface area contributed by atoms with E-state index in [-0.39, 0.29) is 10.8 Å². The highest BCUT2D eigenvalue weighted by molar-refractivity contribution is 7.89. The zero-order valence-electron chi connectivity index (χ0n) is 11.8. The lowest BCUT2D eigenvalue weighted by atomic mass is 10.1. The summed E-state index contributed by atoms with van der Waals surface area (Å²) < 4.78 is 31.9. The second-order valence-electron chi connectivity index (χ2n) is 5.26. The number of aromatic nitrogens is 2. The van der Waals surface area contributed by atoms with Gasteiger partial charge in [0.1, 0.15) is 4.90 Å². The zero-order valence-corrected chi connectivity index (χ0v) is 12.6. The van der Waals surface area contributed by atoms with Gasteiger partial charge in [0.15, 0.2) is 0 Å². The molecule has 0 radical (unpaired) electrons. The van der Waals surface area contributed by atoms with Gasteiger partial charge in [-0.1, -0.05) is 12.1 Å². The molecule has 0 aliphatic carbocycles. The van der Waals surface area contributed by atoms with Crippen LogP contribution in [-0.4, -0.2) is 42.5 Å². The van der Waals surface area contributed by atoms with Crippen molar-refractivity contribution in [1.82, 2.24) is 14.4 Å². The molecule has 21 heavy (non-hydrogen) atoms. The van der Waals surface area contributed by atoms with Gasteiger partial charge in [-0.25, -0.2) is 13.4 Å². The molecule has 2 aromatic rings. The van der Waals surface area contributed by atoms with Gasteiger partial charge in [0, 0.05) is 13.1 Å². The Hall–Kier alpha value is -1.51. The molecule has 0 amide bonds. The lowest BCUT2D eigenvalue weighted by Gasteiger charge is -2.16. The van der Waals surface area contributed by atoms with E-state index in [2.05, 4.69) is 10.1 Å². The predicted octanol–water partition coefficient (Wildman–Crippen LogP) is 0.754. The van der Waals surface area contributed by atoms with Gasteiger partial charge in [-0.15, -0.1) is 0 Å². The van der Waals surface area contributed by atoms with Crippen LogP contribution in [0.4, 0.5) is 0 Å². The van der Waals surface area contributed by atoms with Crippen LogP contribution in [0.1, 0.15) is 19.0 Å². The van der Waals surface area contributed by atoms with E-state index in [0.717, 1.165) is 12.1 Å². The highest BCUT2D eigenvalue weighted by atomic mass is 32.2. The van der Waals surface area contributed by atoms with Crippen molar-refractivity contribution in [2.24, 2.45) is 11.7 Å². The third kappa shape index (κ3) is 2.43. The summed E-state index contributed by atoms with van der Waals surface area (Å²) in [5.41, 5.74) is 6.71. The van der Waals surface area contributed by atoms with E-state index in [1.165, 1.54) is 10.5 Å². The van der Waals surface area contributed by atoms with Crippen LogP contribution in [0.2, 0.25) is 0 Å². The summed E-state index contributed by atoms with van der Waals surface area (Å²) in [6, 6.07) is 1.60. The second-order valence-corrected chi connectivity index (χ2v) is 7.20. The number of pyridine rings is 1. The molecule has 7 nitrogen and oxygen atoms in total. The SMILES string of the molecule is CCc1noc2ncc(S(=O)(=O)N3CCC(CN)C3)cc12. The molecule has 2 aromatic heterocycles. The Bertz CT molecular complexity index is 756. The van der Waals surface area contributed by atoms with Gasteiger partial charge in [0.25, 0.3) is 5.71 Å². The summed E-state index contributed by atoms with van der Waals surface area (Å²) in [6.45, 7) is 3.42. The molecule has 3 rings (SSSR count). The average molecular weight is 310 g/mol. The predicted molar refractivity (Wildman–Crippen MR) is 77.1 cm³/mol. The standard InChI is InChI=1S/C13H18N4O3S/c1-2-12-11-5-10(7-15-13(11)20-16-12)21(18,19)17-4-3-9(6-14)8-17/h5,7,9H,2-4,6,8,14H2,1H3. The number of hydrogen-bond donors (Lipinski definition) is 1. The van der Waals surface area contributed by atoms with E-state index in [9.17, 15) is 8.42 Å². The molecule has 8 heteroatoms. The Labute approximate surface area is 123 Å². The first-order valence-electron chi connectivity index (χ1n) is 7.00. The van der Waals surface area contributed by atoms with Crippen LogP contribution in [0.15, 0.2) is 21.7 Å². The summed E-state index contributed by atoms with van der Waals surface area (Å²) in [6.07, 6.45) is 2.80. The van der Waals surface area contributed by atoms with Crippen molar-refractivity contribution in [1.29, 1.82) is 0 Å². The molecule has 3 heterocycles. The number of nitrogens with zero attached hydrogens (tertiary/aromatic N) is 3. The van der Waals surface area contributed by atoms with E-state index in [1.54, 1.807) is 6.07 Å². The second kappa shape index (κ2) is 5.36. The van der Waals surface area contributed by atoms with Crippen molar-refractivity contribution in [3.8, 4) is 0 Å². The van der Waals surface area contributed by atoms with Crippen molar-refractivity contribution >= 4 is 21.1 Å². The van der Waals surface area contributed by atoms with Crippen molar-refractivity contribution in [2.75, 3.05) is 19.6 Å². The molecular formula is C13H18N4O3S. The Morgan fingerprint density at radius 2 is 2.33 bits per heavy atom. The number of rotatable bonds is 4. The fourth-order valence-electron chi connectivity index (χ4n) is 2.61. The van der Waals surface area contributed by atoms with Crippen LogP contribution in [0.3, 0.4) is 0 Å². The van der Waals surface area contributed by atoms with Gasteiger partial charge in [0.2, 0.25) is 10.0 Å². The molecule has 1 aliphatic rings. The van der Waals surface area contributed by atoms with Crippen molar-refractivity contribution < 1.29 is 12.9 Å². The largest absolute Gasteiger partial charge is 0.336 e. The zero-order chi connectivity index (χ0) is 15.0. The fourth-order valence-corrected chi connectivity index (χ4v) is 4.12. The van der Waals surface area contributed by atoms with E-state index in [1.807, 2.05) is 6.92 Å². The third-order valence-electron chi connectivity index (χ3n) is 3.93. The van der Waals surface area contributed by atoms with Gasteiger partial charge in [0.05, 0.1) is 17.3 Å². The lowest BCUT2D eigenvalue weighted by molar-refractivity contribution is 0.439. The molecule has 2 N–H and O–H groups in total. The van der Waals surface area contributed by atoms with E-state index < -0.39 is 10.0 Å². The smallest absolute Gasteiger partial charge is 0.258 e. The van der Waals surface area contributed by atoms with E-state index in [4.69, 9.17) is 10.3 Å². The Balaban J connectivity index is 1.99. The summed E-state index contributed by atoms with van der Waals surface area (Å²) in [7, 11) is -3.53. The van der Waals surface area contributed by atoms with Crippen LogP contribution in [-0.2, 0) is 16.4 Å². The van der Waals surface area contributed by atoms with Crippen LogP contribution >= 0.6 is 0 Å². The first-order valence-corrected chi connectivity index (χ1v) is 8.44. The molecule has 1 fully saturated rings. The van der Waals surface area contributed by atoms with Gasteiger partial charge in [-0.2, -0.15) is 4.31 Å². The van der Waals surface area contributed by atoms with Crippen LogP contribution < -0.4 is 5.73 Å². The molecule has 1 unspecified atom stereocenters. The molecule has 0 saturated carbocycles. The Morgan fingerprint density at radius 1 is 1.52 bits per heavy atom. The Kier molecular flexibility index (Phi) is 3.68. The summed E-state index contributed by atoms with van der Waals surface area (Å²) >= 11 is 0. The van der Waals surface area contributed by atoms with Gasteiger partial charge >= 0.3 is 0 Å². The maximum absolute atomic E-state index is 12.7. The van der Waals surface area contributed by atoms with Gasteiger partial charge in [-0.3, -0.25) is 0 Å². The number of sulfonamides is 1. The molecule has 0 spiro atoms. The highest BCUT2D eigenvalue weighted by Gasteiger charge is 2.32. The maximum Gasteiger partial charge on any atom is 0.258 e. The molecule has 1 atom stereocenters. The molecular weight excluding hydrogens is 292 g/mol. The quantitative estimate of drug-likeness (QED) is 0.894. The number of aryl methyl sites for hydroxylation is 1. The molecule has 0 bridgehead atoms. The van der Waals surface area contributed by atoms with E-state index >= 15 is 0 Å². The molecule has 0 aromatic carbocycles. The normalized spacial score (nSPS) is 20.4. The molecule has 114 valence electrons. The minimum absolute atomic E-state index is 0.186. The first kappa shape index (κ1) is 14.4. The number of hydrogen-bond acceptors (Lipinski definition) is 6. The highest BCUT2D eigenvalue weighted by Crippen LogP contribution is 2.26. The van der Waals surface area contributed by atoms with Crippen LogP contribution in [0.5, 0.6) is 0 Å². The topological polar surface area (TPSA) is 102 Å². The molecule has 1 aliphatic heterocycles. The minimum Gasteiger partial charge on any atom is -0.336 e. The third-order valence-corrected chi connectivity index (χ3v) is 5.76. The molecule has 1 saturated heterocycles. The van der Waals surface area contributed by atoms with Gasteiger partial charge in [-0.05, 0) is 31.4 Å². The van der Waals surface area contributed by atoms with E-state index in [0.29, 0.717) is 37.2 Å². The van der Waals surface area contributed by atoms with Crippen molar-refractivity contribution in [2.45, 2.75) is 24.7 Å².